The summed E-state index contributed by atoms with van der Waals surface area (Å²) in [7, 11) is 0. The Morgan fingerprint density at radius 1 is 1.45 bits per heavy atom. The Balaban J connectivity index is 1.77. The molecule has 1 N–H and O–H groups in total. The van der Waals surface area contributed by atoms with E-state index < -0.39 is 0 Å². The van der Waals surface area contributed by atoms with Gasteiger partial charge in [-0.05, 0) is 45.1 Å². The molecule has 2 unspecified atom stereocenters. The fraction of sp³-hybridized carbons (Fsp3) is 0.625. The van der Waals surface area contributed by atoms with Crippen LogP contribution in [-0.2, 0) is 0 Å². The second kappa shape index (κ2) is 4.55. The van der Waals surface area contributed by atoms with E-state index in [1.54, 1.807) is 0 Å². The van der Waals surface area contributed by atoms with Gasteiger partial charge in [-0.1, -0.05) is 13.8 Å². The molecule has 0 bridgehead atoms. The van der Waals surface area contributed by atoms with Crippen LogP contribution in [0.2, 0.25) is 0 Å². The molecule has 0 aromatic carbocycles. The molecular formula is C16H24N4. The van der Waals surface area contributed by atoms with Crippen LogP contribution in [0.1, 0.15) is 50.2 Å². The smallest absolute Gasteiger partial charge is 0.155 e. The number of aromatic nitrogens is 3. The van der Waals surface area contributed by atoms with Gasteiger partial charge in [0.15, 0.2) is 5.65 Å². The Kier molecular flexibility index (Phi) is 3.09. The Labute approximate surface area is 120 Å². The number of nitrogens with one attached hydrogen (secondary N) is 1. The molecule has 1 aliphatic carbocycles. The molecule has 2 aromatic rings. The molecule has 0 spiro atoms. The molecule has 4 nitrogen and oxygen atoms in total. The summed E-state index contributed by atoms with van der Waals surface area (Å²) in [5, 5.41) is 8.16. The van der Waals surface area contributed by atoms with Crippen LogP contribution in [0.5, 0.6) is 0 Å². The molecule has 1 saturated carbocycles. The molecule has 2 aromatic heterocycles. The number of aryl methyl sites for hydroxylation is 2. The van der Waals surface area contributed by atoms with Crippen molar-refractivity contribution in [2.45, 2.75) is 47.1 Å². The van der Waals surface area contributed by atoms with Crippen molar-refractivity contribution in [2.24, 2.45) is 11.3 Å². The summed E-state index contributed by atoms with van der Waals surface area (Å²) in [5.41, 5.74) is 4.89. The van der Waals surface area contributed by atoms with E-state index in [9.17, 15) is 0 Å². The van der Waals surface area contributed by atoms with Crippen LogP contribution in [-0.4, -0.2) is 21.1 Å². The summed E-state index contributed by atoms with van der Waals surface area (Å²) < 4.78 is 1.95. The van der Waals surface area contributed by atoms with Gasteiger partial charge in [-0.15, -0.1) is 0 Å². The predicted octanol–water partition coefficient (Wildman–Crippen LogP) is 3.04. The molecule has 4 heteroatoms. The van der Waals surface area contributed by atoms with Gasteiger partial charge in [0.25, 0.3) is 0 Å². The van der Waals surface area contributed by atoms with Crippen LogP contribution < -0.4 is 5.32 Å². The molecule has 2 atom stereocenters. The zero-order valence-electron chi connectivity index (χ0n) is 13.1. The standard InChI is InChI=1S/C16H24N4/c1-10-6-15-18-9-14(12(3)20(15)19-10)11(2)17-8-13-7-16(13,4)5/h6,9,11,13,17H,7-8H2,1-5H3. The van der Waals surface area contributed by atoms with Gasteiger partial charge in [-0.3, -0.25) is 0 Å². The van der Waals surface area contributed by atoms with Crippen molar-refractivity contribution < 1.29 is 0 Å². The highest BCUT2D eigenvalue weighted by molar-refractivity contribution is 5.42. The normalized spacial score (nSPS) is 22.1. The predicted molar refractivity (Wildman–Crippen MR) is 80.8 cm³/mol. The highest BCUT2D eigenvalue weighted by Crippen LogP contribution is 2.51. The summed E-state index contributed by atoms with van der Waals surface area (Å²) >= 11 is 0. The van der Waals surface area contributed by atoms with Crippen molar-refractivity contribution in [3.8, 4) is 0 Å². The molecule has 0 radical (unpaired) electrons. The van der Waals surface area contributed by atoms with Gasteiger partial charge < -0.3 is 5.32 Å². The lowest BCUT2D eigenvalue weighted by Gasteiger charge is -2.17. The van der Waals surface area contributed by atoms with Crippen LogP contribution in [0.25, 0.3) is 5.65 Å². The Bertz CT molecular complexity index is 641. The minimum atomic E-state index is 0.313. The van der Waals surface area contributed by atoms with Crippen molar-refractivity contribution in [3.63, 3.8) is 0 Å². The lowest BCUT2D eigenvalue weighted by molar-refractivity contribution is 0.482. The van der Waals surface area contributed by atoms with Gasteiger partial charge in [0.2, 0.25) is 0 Å². The maximum absolute atomic E-state index is 4.52. The molecule has 0 amide bonds. The van der Waals surface area contributed by atoms with E-state index in [1.807, 2.05) is 23.7 Å². The van der Waals surface area contributed by atoms with Gasteiger partial charge in [0.05, 0.1) is 5.69 Å². The average molecular weight is 272 g/mol. The first-order valence-corrected chi connectivity index (χ1v) is 7.44. The number of hydrogen-bond donors (Lipinski definition) is 1. The third-order valence-corrected chi connectivity index (χ3v) is 4.74. The second-order valence-corrected chi connectivity index (χ2v) is 6.87. The van der Waals surface area contributed by atoms with Gasteiger partial charge in [-0.25, -0.2) is 9.50 Å². The van der Waals surface area contributed by atoms with E-state index >= 15 is 0 Å². The first-order chi connectivity index (χ1) is 9.38. The third kappa shape index (κ3) is 2.33. The first-order valence-electron chi connectivity index (χ1n) is 7.44. The zero-order valence-corrected chi connectivity index (χ0v) is 13.1. The molecule has 3 rings (SSSR count). The van der Waals surface area contributed by atoms with Crippen LogP contribution >= 0.6 is 0 Å². The number of hydrogen-bond acceptors (Lipinski definition) is 3. The molecule has 1 fully saturated rings. The Hall–Kier alpha value is -1.42. The van der Waals surface area contributed by atoms with Gasteiger partial charge in [0, 0.05) is 29.6 Å². The number of rotatable bonds is 4. The lowest BCUT2D eigenvalue weighted by Crippen LogP contribution is -2.24. The van der Waals surface area contributed by atoms with Crippen molar-refractivity contribution >= 4 is 5.65 Å². The fourth-order valence-electron chi connectivity index (χ4n) is 2.95. The second-order valence-electron chi connectivity index (χ2n) is 6.87. The fourth-order valence-corrected chi connectivity index (χ4v) is 2.95. The maximum atomic E-state index is 4.52. The largest absolute Gasteiger partial charge is 0.310 e. The maximum Gasteiger partial charge on any atom is 0.155 e. The lowest BCUT2D eigenvalue weighted by atomic mass is 10.1. The summed E-state index contributed by atoms with van der Waals surface area (Å²) in [6.07, 6.45) is 3.32. The first kappa shape index (κ1) is 13.6. The highest BCUT2D eigenvalue weighted by atomic mass is 15.3. The van der Waals surface area contributed by atoms with Crippen LogP contribution in [0.3, 0.4) is 0 Å². The van der Waals surface area contributed by atoms with Crippen molar-refractivity contribution in [1.82, 2.24) is 19.9 Å². The summed E-state index contributed by atoms with van der Waals surface area (Å²) in [5.74, 6) is 0.814. The SMILES string of the molecule is Cc1cc2ncc(C(C)NCC3CC3(C)C)c(C)n2n1. The van der Waals surface area contributed by atoms with Crippen LogP contribution in [0.4, 0.5) is 0 Å². The van der Waals surface area contributed by atoms with Crippen molar-refractivity contribution in [2.75, 3.05) is 6.54 Å². The quantitative estimate of drug-likeness (QED) is 0.930. The molecule has 0 saturated heterocycles. The van der Waals surface area contributed by atoms with Crippen molar-refractivity contribution in [1.29, 1.82) is 0 Å². The van der Waals surface area contributed by atoms with E-state index in [2.05, 4.69) is 43.1 Å². The summed E-state index contributed by atoms with van der Waals surface area (Å²) in [4.78, 5) is 4.52. The van der Waals surface area contributed by atoms with E-state index in [0.29, 0.717) is 11.5 Å². The van der Waals surface area contributed by atoms with Crippen LogP contribution in [0.15, 0.2) is 12.3 Å². The molecule has 108 valence electrons. The van der Waals surface area contributed by atoms with E-state index in [1.165, 1.54) is 17.7 Å². The summed E-state index contributed by atoms with van der Waals surface area (Å²) in [6.45, 7) is 12.1. The van der Waals surface area contributed by atoms with E-state index in [-0.39, 0.29) is 0 Å². The Morgan fingerprint density at radius 2 is 2.15 bits per heavy atom. The average Bonchev–Trinajstić information content (AvgIpc) is 2.80. The van der Waals surface area contributed by atoms with E-state index in [0.717, 1.165) is 23.8 Å². The molecule has 0 aliphatic heterocycles. The van der Waals surface area contributed by atoms with Crippen molar-refractivity contribution in [3.05, 3.63) is 29.2 Å². The third-order valence-electron chi connectivity index (χ3n) is 4.74. The minimum Gasteiger partial charge on any atom is -0.310 e. The number of fused-ring (bicyclic) bond motifs is 1. The van der Waals surface area contributed by atoms with Gasteiger partial charge in [-0.2, -0.15) is 5.10 Å². The zero-order chi connectivity index (χ0) is 14.5. The molecular weight excluding hydrogens is 248 g/mol. The monoisotopic (exact) mass is 272 g/mol. The van der Waals surface area contributed by atoms with Gasteiger partial charge >= 0.3 is 0 Å². The molecule has 1 aliphatic rings. The summed E-state index contributed by atoms with van der Waals surface area (Å²) in [6, 6.07) is 2.33. The van der Waals surface area contributed by atoms with Gasteiger partial charge in [0.1, 0.15) is 0 Å². The minimum absolute atomic E-state index is 0.313. The highest BCUT2D eigenvalue weighted by Gasteiger charge is 2.44. The number of nitrogens with zero attached hydrogens (tertiary/aromatic N) is 3. The van der Waals surface area contributed by atoms with E-state index in [4.69, 9.17) is 0 Å². The molecule has 2 heterocycles. The molecule has 20 heavy (non-hydrogen) atoms. The topological polar surface area (TPSA) is 42.2 Å². The Morgan fingerprint density at radius 3 is 2.80 bits per heavy atom. The van der Waals surface area contributed by atoms with Crippen LogP contribution in [0, 0.1) is 25.2 Å².